The molecule has 158 valence electrons. The minimum Gasteiger partial charge on any atom is -0.437 e. The molecule has 31 heavy (non-hydrogen) atoms. The molecule has 2 aromatic heterocycles. The number of nitrogen functional groups attached to an aromatic ring is 1. The molecule has 3 heterocycles. The average molecular weight is 451 g/mol. The van der Waals surface area contributed by atoms with Crippen molar-refractivity contribution in [2.45, 2.75) is 6.18 Å². The second-order valence-electron chi connectivity index (χ2n) is 6.35. The molecular weight excluding hydrogens is 441 g/mol. The van der Waals surface area contributed by atoms with Crippen LogP contribution in [0.1, 0.15) is 26.4 Å². The molecule has 8 nitrogen and oxygen atoms in total. The summed E-state index contributed by atoms with van der Waals surface area (Å²) in [6.07, 6.45) is -4.65. The number of carbonyl (C=O) groups is 2. The van der Waals surface area contributed by atoms with Crippen molar-refractivity contribution in [2.75, 3.05) is 5.73 Å². The first-order valence-corrected chi connectivity index (χ1v) is 8.87. The Morgan fingerprint density at radius 3 is 2.48 bits per heavy atom. The predicted molar refractivity (Wildman–Crippen MR) is 103 cm³/mol. The lowest BCUT2D eigenvalue weighted by Crippen LogP contribution is -2.24. The van der Waals surface area contributed by atoms with E-state index < -0.39 is 29.2 Å². The van der Waals surface area contributed by atoms with Gasteiger partial charge in [0.1, 0.15) is 17.3 Å². The highest BCUT2D eigenvalue weighted by Crippen LogP contribution is 2.33. The van der Waals surface area contributed by atoms with Crippen molar-refractivity contribution in [1.82, 2.24) is 14.9 Å². The molecule has 3 N–H and O–H groups in total. The number of nitrogens with one attached hydrogen (secondary N) is 1. The van der Waals surface area contributed by atoms with Crippen molar-refractivity contribution in [1.29, 1.82) is 0 Å². The van der Waals surface area contributed by atoms with Crippen LogP contribution in [0.5, 0.6) is 11.6 Å². The molecule has 12 heteroatoms. The minimum absolute atomic E-state index is 0.0297. The third-order valence-electron chi connectivity index (χ3n) is 4.36. The van der Waals surface area contributed by atoms with Gasteiger partial charge in [-0.1, -0.05) is 17.7 Å². The number of rotatable bonds is 3. The first-order valence-electron chi connectivity index (χ1n) is 8.49. The molecule has 1 aromatic carbocycles. The molecule has 0 aliphatic carbocycles. The SMILES string of the molecule is Nc1c2c(cc(=O)n1-c1ccc(Oc3cccc(C(F)(F)F)n3)c(Cl)c1)C(=O)NC2=O. The van der Waals surface area contributed by atoms with Gasteiger partial charge in [-0.2, -0.15) is 13.2 Å². The lowest BCUT2D eigenvalue weighted by atomic mass is 10.1. The lowest BCUT2D eigenvalue weighted by molar-refractivity contribution is -0.141. The third-order valence-corrected chi connectivity index (χ3v) is 4.65. The molecule has 0 unspecified atom stereocenters. The summed E-state index contributed by atoms with van der Waals surface area (Å²) >= 11 is 6.17. The summed E-state index contributed by atoms with van der Waals surface area (Å²) in [6.45, 7) is 0. The second-order valence-corrected chi connectivity index (χ2v) is 6.76. The fraction of sp³-hybridized carbons (Fsp3) is 0.0526. The van der Waals surface area contributed by atoms with Crippen LogP contribution in [0.25, 0.3) is 5.69 Å². The van der Waals surface area contributed by atoms with Crippen molar-refractivity contribution in [3.63, 3.8) is 0 Å². The van der Waals surface area contributed by atoms with Crippen LogP contribution >= 0.6 is 11.6 Å². The van der Waals surface area contributed by atoms with E-state index in [1.165, 1.54) is 24.3 Å². The quantitative estimate of drug-likeness (QED) is 0.592. The molecule has 0 spiro atoms. The average Bonchev–Trinajstić information content (AvgIpc) is 2.97. The van der Waals surface area contributed by atoms with Gasteiger partial charge in [0.05, 0.1) is 21.8 Å². The maximum Gasteiger partial charge on any atom is 0.433 e. The van der Waals surface area contributed by atoms with Crippen LogP contribution in [0.3, 0.4) is 0 Å². The van der Waals surface area contributed by atoms with Crippen molar-refractivity contribution in [3.05, 3.63) is 74.7 Å². The predicted octanol–water partition coefficient (Wildman–Crippen LogP) is 3.16. The van der Waals surface area contributed by atoms with Crippen molar-refractivity contribution in [3.8, 4) is 17.3 Å². The smallest absolute Gasteiger partial charge is 0.433 e. The Kier molecular flexibility index (Phi) is 4.69. The number of hydrogen-bond acceptors (Lipinski definition) is 6. The molecule has 0 saturated heterocycles. The van der Waals surface area contributed by atoms with Crippen LogP contribution in [0, 0.1) is 0 Å². The standard InChI is InChI=1S/C19H10ClF3N4O4/c20-10-6-8(27-14(28)7-9-15(16(27)24)18(30)26-17(9)29)4-5-11(10)31-13-3-1-2-12(25-13)19(21,22)23/h1-7H,24H2,(H,26,29,30). The summed E-state index contributed by atoms with van der Waals surface area (Å²) in [6, 6.07) is 8.03. The van der Waals surface area contributed by atoms with Crippen LogP contribution in [0.15, 0.2) is 47.3 Å². The summed E-state index contributed by atoms with van der Waals surface area (Å²) in [5.74, 6) is -2.11. The van der Waals surface area contributed by atoms with E-state index in [0.29, 0.717) is 0 Å². The van der Waals surface area contributed by atoms with Gasteiger partial charge in [-0.05, 0) is 24.3 Å². The van der Waals surface area contributed by atoms with Gasteiger partial charge in [-0.15, -0.1) is 0 Å². The van der Waals surface area contributed by atoms with Gasteiger partial charge in [0.25, 0.3) is 17.4 Å². The number of nitrogens with two attached hydrogens (primary N) is 1. The highest BCUT2D eigenvalue weighted by Gasteiger charge is 2.33. The molecule has 0 saturated carbocycles. The number of benzene rings is 1. The zero-order valence-corrected chi connectivity index (χ0v) is 15.9. The molecule has 1 aliphatic heterocycles. The number of ether oxygens (including phenoxy) is 1. The highest BCUT2D eigenvalue weighted by atomic mass is 35.5. The number of carbonyl (C=O) groups excluding carboxylic acids is 2. The van der Waals surface area contributed by atoms with Gasteiger partial charge >= 0.3 is 6.18 Å². The number of hydrogen-bond donors (Lipinski definition) is 2. The highest BCUT2D eigenvalue weighted by molar-refractivity contribution is 6.32. The monoisotopic (exact) mass is 450 g/mol. The van der Waals surface area contributed by atoms with Crippen LogP contribution in [-0.2, 0) is 6.18 Å². The normalized spacial score (nSPS) is 13.2. The van der Waals surface area contributed by atoms with E-state index in [2.05, 4.69) is 4.98 Å². The van der Waals surface area contributed by atoms with Gasteiger partial charge in [0.2, 0.25) is 5.88 Å². The molecule has 4 rings (SSSR count). The zero-order chi connectivity index (χ0) is 22.5. The lowest BCUT2D eigenvalue weighted by Gasteiger charge is -2.14. The number of imide groups is 1. The maximum atomic E-state index is 12.8. The number of aromatic nitrogens is 2. The van der Waals surface area contributed by atoms with Crippen LogP contribution < -0.4 is 21.3 Å². The number of anilines is 1. The summed E-state index contributed by atoms with van der Waals surface area (Å²) in [5.41, 5.74) is 3.99. The van der Waals surface area contributed by atoms with Crippen molar-refractivity contribution >= 4 is 29.2 Å². The van der Waals surface area contributed by atoms with E-state index in [4.69, 9.17) is 22.1 Å². The van der Waals surface area contributed by atoms with Gasteiger partial charge in [-0.25, -0.2) is 4.98 Å². The molecule has 2 amide bonds. The molecule has 1 aliphatic rings. The van der Waals surface area contributed by atoms with Gasteiger partial charge < -0.3 is 10.5 Å². The van der Waals surface area contributed by atoms with Crippen LogP contribution in [0.2, 0.25) is 5.02 Å². The Morgan fingerprint density at radius 1 is 1.06 bits per heavy atom. The Morgan fingerprint density at radius 2 is 1.81 bits per heavy atom. The largest absolute Gasteiger partial charge is 0.437 e. The first-order chi connectivity index (χ1) is 14.6. The van der Waals surface area contributed by atoms with Crippen molar-refractivity contribution < 1.29 is 27.5 Å². The van der Waals surface area contributed by atoms with E-state index in [0.717, 1.165) is 22.8 Å². The van der Waals surface area contributed by atoms with E-state index in [-0.39, 0.29) is 39.3 Å². The number of halogens is 4. The Balaban J connectivity index is 1.71. The number of amides is 2. The summed E-state index contributed by atoms with van der Waals surface area (Å²) < 4.78 is 44.7. The number of fused-ring (bicyclic) bond motifs is 1. The maximum absolute atomic E-state index is 12.8. The third kappa shape index (κ3) is 3.59. The molecule has 0 radical (unpaired) electrons. The molecular formula is C19H10ClF3N4O4. The number of pyridine rings is 2. The van der Waals surface area contributed by atoms with Crippen LogP contribution in [0.4, 0.5) is 19.0 Å². The van der Waals surface area contributed by atoms with E-state index in [9.17, 15) is 27.6 Å². The number of nitrogens with zero attached hydrogens (tertiary/aromatic N) is 2. The summed E-state index contributed by atoms with van der Waals surface area (Å²) in [5, 5.41) is 1.98. The molecule has 0 bridgehead atoms. The Bertz CT molecular complexity index is 1320. The molecule has 3 aromatic rings. The van der Waals surface area contributed by atoms with Crippen molar-refractivity contribution in [2.24, 2.45) is 0 Å². The van der Waals surface area contributed by atoms with E-state index in [1.807, 2.05) is 5.32 Å². The van der Waals surface area contributed by atoms with Crippen LogP contribution in [-0.4, -0.2) is 21.4 Å². The summed E-state index contributed by atoms with van der Waals surface area (Å²) in [4.78, 5) is 39.5. The minimum atomic E-state index is -4.65. The fourth-order valence-electron chi connectivity index (χ4n) is 3.00. The zero-order valence-electron chi connectivity index (χ0n) is 15.2. The van der Waals surface area contributed by atoms with E-state index in [1.54, 1.807) is 0 Å². The Hall–Kier alpha value is -3.86. The van der Waals surface area contributed by atoms with Gasteiger partial charge in [-0.3, -0.25) is 24.3 Å². The first kappa shape index (κ1) is 20.4. The van der Waals surface area contributed by atoms with E-state index >= 15 is 0 Å². The fourth-order valence-corrected chi connectivity index (χ4v) is 3.21. The number of alkyl halides is 3. The molecule has 0 fully saturated rings. The second kappa shape index (κ2) is 7.13. The molecule has 0 atom stereocenters. The van der Waals surface area contributed by atoms with Gasteiger partial charge in [0, 0.05) is 12.1 Å². The topological polar surface area (TPSA) is 116 Å². The Labute approximate surface area is 176 Å². The summed E-state index contributed by atoms with van der Waals surface area (Å²) in [7, 11) is 0. The van der Waals surface area contributed by atoms with Gasteiger partial charge in [0.15, 0.2) is 0 Å².